The quantitative estimate of drug-likeness (QED) is 0.550. The van der Waals surface area contributed by atoms with E-state index in [0.717, 1.165) is 44.7 Å². The highest BCUT2D eigenvalue weighted by atomic mass is 16.6. The van der Waals surface area contributed by atoms with Gasteiger partial charge in [-0.25, -0.2) is 0 Å². The van der Waals surface area contributed by atoms with Crippen LogP contribution in [0.5, 0.6) is 0 Å². The van der Waals surface area contributed by atoms with Crippen LogP contribution in [0, 0.1) is 10.1 Å². The normalized spacial score (nSPS) is 16.2. The van der Waals surface area contributed by atoms with Crippen LogP contribution in [0.4, 0.5) is 17.1 Å². The molecule has 0 atom stereocenters. The van der Waals surface area contributed by atoms with Gasteiger partial charge < -0.3 is 20.0 Å². The van der Waals surface area contributed by atoms with Gasteiger partial charge in [-0.2, -0.15) is 0 Å². The van der Waals surface area contributed by atoms with Crippen molar-refractivity contribution in [3.8, 4) is 0 Å². The highest BCUT2D eigenvalue weighted by Gasteiger charge is 2.25. The fourth-order valence-corrected chi connectivity index (χ4v) is 4.26. The molecule has 2 aliphatic heterocycles. The molecule has 2 heterocycles. The van der Waals surface area contributed by atoms with Crippen molar-refractivity contribution in [2.45, 2.75) is 12.8 Å². The Morgan fingerprint density at radius 1 is 0.906 bits per heavy atom. The van der Waals surface area contributed by atoms with Gasteiger partial charge >= 0.3 is 0 Å². The molecule has 2 aromatic carbocycles. The monoisotopic (exact) mass is 437 g/mol. The number of hydrogen-bond acceptors (Lipinski definition) is 6. The van der Waals surface area contributed by atoms with Crippen LogP contribution in [-0.4, -0.2) is 67.5 Å². The fourth-order valence-electron chi connectivity index (χ4n) is 4.26. The minimum absolute atomic E-state index is 0.0806. The number of nitrogens with one attached hydrogen (secondary N) is 1. The number of para-hydroxylation sites is 1. The zero-order valence-corrected chi connectivity index (χ0v) is 17.9. The summed E-state index contributed by atoms with van der Waals surface area (Å²) in [4.78, 5) is 42.1. The number of hydrogen-bond donors (Lipinski definition) is 1. The molecule has 0 saturated carbocycles. The maximum Gasteiger partial charge on any atom is 0.293 e. The Labute approximate surface area is 186 Å². The predicted octanol–water partition coefficient (Wildman–Crippen LogP) is 2.27. The van der Waals surface area contributed by atoms with Crippen molar-refractivity contribution in [2.75, 3.05) is 55.6 Å². The van der Waals surface area contributed by atoms with Crippen LogP contribution in [0.1, 0.15) is 23.2 Å². The smallest absolute Gasteiger partial charge is 0.293 e. The first-order chi connectivity index (χ1) is 15.5. The first kappa shape index (κ1) is 21.6. The van der Waals surface area contributed by atoms with E-state index in [1.54, 1.807) is 17.0 Å². The van der Waals surface area contributed by atoms with E-state index in [9.17, 15) is 19.7 Å². The molecular weight excluding hydrogens is 410 g/mol. The Kier molecular flexibility index (Phi) is 6.53. The second-order valence-electron chi connectivity index (χ2n) is 8.04. The number of nitrogens with zero attached hydrogens (tertiary/aromatic N) is 4. The van der Waals surface area contributed by atoms with Crippen molar-refractivity contribution in [1.82, 2.24) is 10.2 Å². The summed E-state index contributed by atoms with van der Waals surface area (Å²) in [5.41, 5.74) is 1.77. The van der Waals surface area contributed by atoms with E-state index in [1.807, 2.05) is 35.2 Å². The van der Waals surface area contributed by atoms with Crippen molar-refractivity contribution in [3.05, 3.63) is 64.2 Å². The van der Waals surface area contributed by atoms with E-state index in [-0.39, 0.29) is 23.7 Å². The molecule has 2 saturated heterocycles. The Balaban J connectivity index is 1.32. The molecule has 0 aromatic heterocycles. The molecule has 32 heavy (non-hydrogen) atoms. The van der Waals surface area contributed by atoms with Crippen LogP contribution in [-0.2, 0) is 4.79 Å². The molecule has 2 fully saturated rings. The minimum atomic E-state index is -0.489. The van der Waals surface area contributed by atoms with E-state index < -0.39 is 10.8 Å². The summed E-state index contributed by atoms with van der Waals surface area (Å²) in [6.45, 7) is 4.05. The lowest BCUT2D eigenvalue weighted by atomic mass is 10.1. The summed E-state index contributed by atoms with van der Waals surface area (Å²) in [5.74, 6) is -0.647. The van der Waals surface area contributed by atoms with E-state index >= 15 is 0 Å². The standard InChI is InChI=1S/C23H27N5O4/c29-22(27-14-12-25(13-15-27)19-6-2-1-3-7-19)17-24-23(30)18-8-9-20(21(16-18)28(31)32)26-10-4-5-11-26/h1-3,6-9,16H,4-5,10-15,17H2,(H,24,30). The van der Waals surface area contributed by atoms with E-state index in [1.165, 1.54) is 6.07 Å². The molecule has 0 unspecified atom stereocenters. The second-order valence-corrected chi connectivity index (χ2v) is 8.04. The lowest BCUT2D eigenvalue weighted by Crippen LogP contribution is -2.51. The van der Waals surface area contributed by atoms with E-state index in [4.69, 9.17) is 0 Å². The predicted molar refractivity (Wildman–Crippen MR) is 122 cm³/mol. The number of amides is 2. The molecule has 0 bridgehead atoms. The van der Waals surface area contributed by atoms with Gasteiger partial charge in [0.15, 0.2) is 0 Å². The molecule has 168 valence electrons. The molecule has 9 heteroatoms. The molecule has 4 rings (SSSR count). The molecule has 0 aliphatic carbocycles. The number of benzene rings is 2. The fraction of sp³-hybridized carbons (Fsp3) is 0.391. The lowest BCUT2D eigenvalue weighted by Gasteiger charge is -2.36. The average Bonchev–Trinajstić information content (AvgIpc) is 3.37. The highest BCUT2D eigenvalue weighted by molar-refractivity contribution is 5.97. The number of piperazine rings is 1. The summed E-state index contributed by atoms with van der Waals surface area (Å²) < 4.78 is 0. The van der Waals surface area contributed by atoms with Gasteiger partial charge in [-0.05, 0) is 37.1 Å². The van der Waals surface area contributed by atoms with Crippen molar-refractivity contribution < 1.29 is 14.5 Å². The van der Waals surface area contributed by atoms with Crippen molar-refractivity contribution in [1.29, 1.82) is 0 Å². The zero-order chi connectivity index (χ0) is 22.5. The molecular formula is C23H27N5O4. The summed E-state index contributed by atoms with van der Waals surface area (Å²) in [5, 5.41) is 14.2. The van der Waals surface area contributed by atoms with Crippen LogP contribution < -0.4 is 15.1 Å². The van der Waals surface area contributed by atoms with E-state index in [0.29, 0.717) is 18.8 Å². The maximum atomic E-state index is 12.6. The van der Waals surface area contributed by atoms with Crippen molar-refractivity contribution >= 4 is 28.9 Å². The summed E-state index contributed by atoms with van der Waals surface area (Å²) in [6, 6.07) is 14.6. The van der Waals surface area contributed by atoms with Gasteiger partial charge in [-0.3, -0.25) is 19.7 Å². The van der Waals surface area contributed by atoms with Gasteiger partial charge in [0.1, 0.15) is 5.69 Å². The Hall–Kier alpha value is -3.62. The highest BCUT2D eigenvalue weighted by Crippen LogP contribution is 2.31. The van der Waals surface area contributed by atoms with Gasteiger partial charge in [0.25, 0.3) is 11.6 Å². The van der Waals surface area contributed by atoms with E-state index in [2.05, 4.69) is 10.2 Å². The van der Waals surface area contributed by atoms with Crippen LogP contribution >= 0.6 is 0 Å². The van der Waals surface area contributed by atoms with Crippen molar-refractivity contribution in [2.24, 2.45) is 0 Å². The largest absolute Gasteiger partial charge is 0.368 e. The SMILES string of the molecule is O=C(NCC(=O)N1CCN(c2ccccc2)CC1)c1ccc(N2CCCC2)c([N+](=O)[O-])c1. The average molecular weight is 438 g/mol. The number of anilines is 2. The molecule has 2 aliphatic rings. The minimum Gasteiger partial charge on any atom is -0.368 e. The number of nitro benzene ring substituents is 1. The summed E-state index contributed by atoms with van der Waals surface area (Å²) in [6.07, 6.45) is 2.00. The van der Waals surface area contributed by atoms with Gasteiger partial charge in [0.05, 0.1) is 11.5 Å². The van der Waals surface area contributed by atoms with Crippen molar-refractivity contribution in [3.63, 3.8) is 0 Å². The number of rotatable bonds is 6. The molecule has 0 radical (unpaired) electrons. The Morgan fingerprint density at radius 3 is 2.25 bits per heavy atom. The third-order valence-corrected chi connectivity index (χ3v) is 6.03. The van der Waals surface area contributed by atoms with Gasteiger partial charge in [-0.15, -0.1) is 0 Å². The molecule has 1 N–H and O–H groups in total. The lowest BCUT2D eigenvalue weighted by molar-refractivity contribution is -0.384. The first-order valence-electron chi connectivity index (χ1n) is 10.9. The molecule has 0 spiro atoms. The molecule has 9 nitrogen and oxygen atoms in total. The zero-order valence-electron chi connectivity index (χ0n) is 17.9. The van der Waals surface area contributed by atoms with Crippen LogP contribution in [0.2, 0.25) is 0 Å². The topological polar surface area (TPSA) is 99.0 Å². The Bertz CT molecular complexity index is 983. The van der Waals surface area contributed by atoms with Gasteiger partial charge in [0, 0.05) is 56.6 Å². The maximum absolute atomic E-state index is 12.6. The number of carbonyl (C=O) groups is 2. The first-order valence-corrected chi connectivity index (χ1v) is 10.9. The van der Waals surface area contributed by atoms with Crippen LogP contribution in [0.3, 0.4) is 0 Å². The second kappa shape index (κ2) is 9.67. The third kappa shape index (κ3) is 4.82. The number of carbonyl (C=O) groups excluding carboxylic acids is 2. The summed E-state index contributed by atoms with van der Waals surface area (Å²) in [7, 11) is 0. The van der Waals surface area contributed by atoms with Crippen LogP contribution in [0.15, 0.2) is 48.5 Å². The van der Waals surface area contributed by atoms with Gasteiger partial charge in [-0.1, -0.05) is 18.2 Å². The van der Waals surface area contributed by atoms with Crippen LogP contribution in [0.25, 0.3) is 0 Å². The third-order valence-electron chi connectivity index (χ3n) is 6.03. The molecule has 2 amide bonds. The Morgan fingerprint density at radius 2 is 1.59 bits per heavy atom. The molecule has 2 aromatic rings. The summed E-state index contributed by atoms with van der Waals surface area (Å²) >= 11 is 0. The van der Waals surface area contributed by atoms with Gasteiger partial charge in [0.2, 0.25) is 5.91 Å². The number of nitro groups is 1.